The molecule has 4 heterocycles. The minimum absolute atomic E-state index is 0.198. The van der Waals surface area contributed by atoms with Crippen molar-refractivity contribution in [2.45, 2.75) is 82.5 Å². The molecule has 0 radical (unpaired) electrons. The average molecular weight is 902 g/mol. The molecule has 4 unspecified atom stereocenters. The van der Waals surface area contributed by atoms with Gasteiger partial charge in [0.2, 0.25) is 0 Å². The fourth-order valence-electron chi connectivity index (χ4n) is 12.7. The first-order chi connectivity index (χ1) is 32.4. The maximum Gasteiger partial charge on any atom is 0.303 e. The smallest absolute Gasteiger partial charge is 0.303 e. The molecule has 4 aromatic carbocycles. The first kappa shape index (κ1) is 44.3. The van der Waals surface area contributed by atoms with Crippen LogP contribution in [0.1, 0.15) is 92.7 Å². The van der Waals surface area contributed by atoms with E-state index in [9.17, 15) is 18.4 Å². The molecule has 3 N–H and O–H groups in total. The van der Waals surface area contributed by atoms with Crippen LogP contribution >= 0.6 is 0 Å². The zero-order valence-corrected chi connectivity index (χ0v) is 38.1. The molecule has 8 atom stereocenters. The third-order valence-electron chi connectivity index (χ3n) is 15.5. The molecule has 4 aliphatic carbocycles. The summed E-state index contributed by atoms with van der Waals surface area (Å²) in [6, 6.07) is 25.8. The highest BCUT2D eigenvalue weighted by Gasteiger charge is 2.44. The Morgan fingerprint density at radius 2 is 1.09 bits per heavy atom. The molecule has 4 aromatic heterocycles. The molecule has 0 saturated heterocycles. The van der Waals surface area contributed by atoms with Crippen LogP contribution in [0.3, 0.4) is 0 Å². The lowest BCUT2D eigenvalue weighted by atomic mass is 9.88. The molecule has 0 amide bonds. The molecule has 0 bridgehead atoms. The van der Waals surface area contributed by atoms with Gasteiger partial charge in [-0.1, -0.05) is 6.07 Å². The number of carbonyl (C=O) groups is 2. The van der Waals surface area contributed by atoms with Crippen LogP contribution in [0.5, 0.6) is 0 Å². The highest BCUT2D eigenvalue weighted by molar-refractivity contribution is 5.86. The van der Waals surface area contributed by atoms with Crippen LogP contribution < -0.4 is 5.73 Å². The molecule has 8 aromatic rings. The van der Waals surface area contributed by atoms with Crippen molar-refractivity contribution < 1.29 is 23.5 Å². The summed E-state index contributed by atoms with van der Waals surface area (Å²) >= 11 is 0. The Hall–Kier alpha value is -6.56. The van der Waals surface area contributed by atoms with Gasteiger partial charge in [0.1, 0.15) is 17.4 Å². The summed E-state index contributed by atoms with van der Waals surface area (Å²) in [5, 5.41) is 21.4. The zero-order valence-electron chi connectivity index (χ0n) is 38.1. The number of carboxylic acids is 1. The molecule has 12 heteroatoms. The van der Waals surface area contributed by atoms with Crippen LogP contribution in [0.2, 0.25) is 0 Å². The molecule has 4 fully saturated rings. The summed E-state index contributed by atoms with van der Waals surface area (Å²) in [6.45, 7) is 0. The number of nitrogen functional groups attached to an aromatic ring is 1. The number of Topliss-reactive ketones (excluding diaryl/α,β-unsaturated/α-hetero) is 1. The second-order valence-corrected chi connectivity index (χ2v) is 19.9. The summed E-state index contributed by atoms with van der Waals surface area (Å²) < 4.78 is 31.2. The maximum absolute atomic E-state index is 13.9. The SMILES string of the molecule is Cn1ncc2cc(CC(=O)CC3C[C@@H]4CC(c5ccnc6ccc(F)cc56)C[C@@H]4C3)ccc21.Cn1ncc2cc(N)ccc21.O=C(O)CC1C[C@@H]2CC(c3ccnc4ccc(F)cc34)C[C@@H]2C1. The standard InChI is InChI=1S/C28H28FN3O.C19H20FNO2.C8H9N3/c1-32-28-5-2-17(8-22(28)16-31-32)11-24(33)12-18-9-19-13-21(14-20(19)10-18)25-6-7-30-27-4-3-23(29)15-26(25)27;20-15-1-2-18-17(10-15)16(3-4-21-18)14-8-12-5-11(7-19(22)23)6-13(12)9-14;1-11-8-3-2-7(9)4-6(8)5-10-11/h2-8,15-16,18-21H,9-14H2,1H3;1-4,10-14H,5-9H2,(H,22,23);2-5H,9H2,1H3/t18?,19-,20+,21?;11?,12-,13+,14?;. The van der Waals surface area contributed by atoms with Crippen molar-refractivity contribution in [3.63, 3.8) is 0 Å². The fourth-order valence-corrected chi connectivity index (χ4v) is 12.7. The number of hydrogen-bond donors (Lipinski definition) is 2. The number of nitrogens with zero attached hydrogens (tertiary/aromatic N) is 6. The van der Waals surface area contributed by atoms with E-state index in [0.717, 1.165) is 106 Å². The Bertz CT molecular complexity index is 3100. The molecule has 0 spiro atoms. The van der Waals surface area contributed by atoms with Crippen molar-refractivity contribution in [1.82, 2.24) is 29.5 Å². The Labute approximate surface area is 388 Å². The number of fused-ring (bicyclic) bond motifs is 6. The van der Waals surface area contributed by atoms with Crippen molar-refractivity contribution in [2.24, 2.45) is 49.6 Å². The maximum atomic E-state index is 13.9. The number of hydrogen-bond acceptors (Lipinski definition) is 7. The largest absolute Gasteiger partial charge is 0.481 e. The Morgan fingerprint density at radius 3 is 1.60 bits per heavy atom. The lowest BCUT2D eigenvalue weighted by molar-refractivity contribution is -0.138. The number of aliphatic carboxylic acids is 1. The normalized spacial score (nSPS) is 24.1. The van der Waals surface area contributed by atoms with Gasteiger partial charge in [0.05, 0.1) is 34.5 Å². The number of rotatable bonds is 8. The second-order valence-electron chi connectivity index (χ2n) is 19.9. The number of ketones is 1. The zero-order chi connectivity index (χ0) is 46.3. The Balaban J connectivity index is 0.000000133. The molecule has 4 saturated carbocycles. The van der Waals surface area contributed by atoms with E-state index in [0.29, 0.717) is 72.4 Å². The van der Waals surface area contributed by atoms with E-state index in [1.54, 1.807) is 24.3 Å². The number of halogens is 2. The average Bonchev–Trinajstić information content (AvgIpc) is 4.16. The van der Waals surface area contributed by atoms with Crippen molar-refractivity contribution in [1.29, 1.82) is 0 Å². The van der Waals surface area contributed by atoms with Crippen molar-refractivity contribution in [3.8, 4) is 0 Å². The number of anilines is 1. The van der Waals surface area contributed by atoms with Gasteiger partial charge < -0.3 is 10.8 Å². The third-order valence-corrected chi connectivity index (χ3v) is 15.5. The molecule has 4 aliphatic rings. The quantitative estimate of drug-likeness (QED) is 0.144. The summed E-state index contributed by atoms with van der Waals surface area (Å²) in [6.07, 6.45) is 17.7. The summed E-state index contributed by atoms with van der Waals surface area (Å²) in [4.78, 5) is 32.5. The number of aromatic nitrogens is 6. The van der Waals surface area contributed by atoms with E-state index in [-0.39, 0.29) is 11.6 Å². The van der Waals surface area contributed by atoms with E-state index in [1.807, 2.05) is 72.5 Å². The highest BCUT2D eigenvalue weighted by atomic mass is 19.1. The number of pyridine rings is 2. The summed E-state index contributed by atoms with van der Waals surface area (Å²) in [7, 11) is 3.85. The lowest BCUT2D eigenvalue weighted by Gasteiger charge is -2.16. The van der Waals surface area contributed by atoms with Crippen molar-refractivity contribution in [2.75, 3.05) is 5.73 Å². The molecular formula is C55H57F2N7O3. The van der Waals surface area contributed by atoms with Gasteiger partial charge in [-0.3, -0.25) is 28.9 Å². The molecular weight excluding hydrogens is 845 g/mol. The number of carbonyl (C=O) groups excluding carboxylic acids is 1. The van der Waals surface area contributed by atoms with Gasteiger partial charge in [0.25, 0.3) is 0 Å². The van der Waals surface area contributed by atoms with Gasteiger partial charge in [-0.25, -0.2) is 8.78 Å². The van der Waals surface area contributed by atoms with Gasteiger partial charge in [-0.15, -0.1) is 0 Å². The van der Waals surface area contributed by atoms with Crippen LogP contribution in [0.15, 0.2) is 110 Å². The van der Waals surface area contributed by atoms with Gasteiger partial charge in [0, 0.05) is 73.0 Å². The van der Waals surface area contributed by atoms with Gasteiger partial charge in [0.15, 0.2) is 0 Å². The lowest BCUT2D eigenvalue weighted by Crippen LogP contribution is -2.10. The van der Waals surface area contributed by atoms with Gasteiger partial charge in [-0.2, -0.15) is 10.2 Å². The van der Waals surface area contributed by atoms with E-state index in [2.05, 4.69) is 44.4 Å². The highest BCUT2D eigenvalue weighted by Crippen LogP contribution is 2.55. The molecule has 344 valence electrons. The number of nitrogens with two attached hydrogens (primary N) is 1. The van der Waals surface area contributed by atoms with Gasteiger partial charge in [-0.05, 0) is 194 Å². The van der Waals surface area contributed by atoms with Crippen LogP contribution in [0.4, 0.5) is 14.5 Å². The number of benzene rings is 4. The molecule has 67 heavy (non-hydrogen) atoms. The van der Waals surface area contributed by atoms with Crippen LogP contribution in [0.25, 0.3) is 43.6 Å². The van der Waals surface area contributed by atoms with Gasteiger partial charge >= 0.3 is 5.97 Å². The first-order valence-electron chi connectivity index (χ1n) is 23.8. The Morgan fingerprint density at radius 1 is 0.612 bits per heavy atom. The Kier molecular flexibility index (Phi) is 12.3. The molecule has 0 aliphatic heterocycles. The van der Waals surface area contributed by atoms with Crippen molar-refractivity contribution in [3.05, 3.63) is 138 Å². The van der Waals surface area contributed by atoms with Crippen LogP contribution in [0, 0.1) is 47.1 Å². The predicted molar refractivity (Wildman–Crippen MR) is 258 cm³/mol. The minimum Gasteiger partial charge on any atom is -0.481 e. The number of carboxylic acid groups (broad SMARTS) is 1. The summed E-state index contributed by atoms with van der Waals surface area (Å²) in [5.74, 6) is 3.62. The first-order valence-corrected chi connectivity index (χ1v) is 23.8. The fraction of sp³-hybridized carbons (Fsp3) is 0.382. The van der Waals surface area contributed by atoms with E-state index in [1.165, 1.54) is 23.3 Å². The number of aryl methyl sites for hydroxylation is 2. The predicted octanol–water partition coefficient (Wildman–Crippen LogP) is 11.5. The van der Waals surface area contributed by atoms with E-state index < -0.39 is 5.97 Å². The molecule has 12 rings (SSSR count). The van der Waals surface area contributed by atoms with Crippen LogP contribution in [-0.4, -0.2) is 46.4 Å². The monoisotopic (exact) mass is 901 g/mol. The second kappa shape index (κ2) is 18.6. The third kappa shape index (κ3) is 9.53. The topological polar surface area (TPSA) is 142 Å². The van der Waals surface area contributed by atoms with E-state index >= 15 is 0 Å². The van der Waals surface area contributed by atoms with Crippen LogP contribution in [-0.2, 0) is 30.1 Å². The summed E-state index contributed by atoms with van der Waals surface area (Å²) in [5.41, 5.74) is 13.8. The van der Waals surface area contributed by atoms with E-state index in [4.69, 9.17) is 10.8 Å². The minimum atomic E-state index is -0.679. The van der Waals surface area contributed by atoms with Crippen molar-refractivity contribution >= 4 is 61.1 Å². The molecule has 10 nitrogen and oxygen atoms in total.